The first kappa shape index (κ1) is 11.0. The number of fused-ring (bicyclic) bond motifs is 1. The lowest BCUT2D eigenvalue weighted by atomic mass is 10.1. The van der Waals surface area contributed by atoms with Crippen LogP contribution in [0.2, 0.25) is 0 Å². The zero-order valence-electron chi connectivity index (χ0n) is 10.4. The zero-order valence-corrected chi connectivity index (χ0v) is 10.4. The number of hydrogen-bond donors (Lipinski definition) is 2. The van der Waals surface area contributed by atoms with Crippen molar-refractivity contribution in [1.29, 1.82) is 0 Å². The van der Waals surface area contributed by atoms with Gasteiger partial charge in [0, 0.05) is 31.1 Å². The SMILES string of the molecule is CCNc1nc(C2CCCC2)nc2c1CNC2. The monoisotopic (exact) mass is 232 g/mol. The highest BCUT2D eigenvalue weighted by molar-refractivity contribution is 5.48. The Bertz CT molecular complexity index is 410. The van der Waals surface area contributed by atoms with Crippen molar-refractivity contribution in [2.45, 2.75) is 51.6 Å². The molecule has 3 rings (SSSR count). The number of nitrogens with one attached hydrogen (secondary N) is 2. The molecule has 17 heavy (non-hydrogen) atoms. The van der Waals surface area contributed by atoms with Gasteiger partial charge in [0.25, 0.3) is 0 Å². The molecule has 0 aromatic carbocycles. The minimum Gasteiger partial charge on any atom is -0.370 e. The van der Waals surface area contributed by atoms with Crippen LogP contribution in [0, 0.1) is 0 Å². The topological polar surface area (TPSA) is 49.8 Å². The van der Waals surface area contributed by atoms with E-state index in [-0.39, 0.29) is 0 Å². The molecule has 0 spiro atoms. The van der Waals surface area contributed by atoms with Crippen LogP contribution >= 0.6 is 0 Å². The number of nitrogens with zero attached hydrogens (tertiary/aromatic N) is 2. The predicted molar refractivity (Wildman–Crippen MR) is 67.9 cm³/mol. The van der Waals surface area contributed by atoms with Gasteiger partial charge in [-0.1, -0.05) is 12.8 Å². The fourth-order valence-electron chi connectivity index (χ4n) is 2.87. The van der Waals surface area contributed by atoms with E-state index in [1.54, 1.807) is 0 Å². The number of hydrogen-bond acceptors (Lipinski definition) is 4. The van der Waals surface area contributed by atoms with Gasteiger partial charge in [0.2, 0.25) is 0 Å². The Hall–Kier alpha value is -1.16. The average molecular weight is 232 g/mol. The molecule has 1 aliphatic carbocycles. The van der Waals surface area contributed by atoms with E-state index in [0.717, 1.165) is 31.3 Å². The van der Waals surface area contributed by atoms with E-state index >= 15 is 0 Å². The van der Waals surface area contributed by atoms with E-state index < -0.39 is 0 Å². The lowest BCUT2D eigenvalue weighted by Crippen LogP contribution is -2.10. The molecule has 0 atom stereocenters. The molecule has 92 valence electrons. The van der Waals surface area contributed by atoms with Crippen LogP contribution in [-0.4, -0.2) is 16.5 Å². The number of rotatable bonds is 3. The molecule has 0 unspecified atom stereocenters. The van der Waals surface area contributed by atoms with Crippen molar-refractivity contribution in [3.05, 3.63) is 17.1 Å². The summed E-state index contributed by atoms with van der Waals surface area (Å²) in [5.41, 5.74) is 2.48. The Morgan fingerprint density at radius 2 is 2.06 bits per heavy atom. The molecule has 0 saturated heterocycles. The van der Waals surface area contributed by atoms with Crippen molar-refractivity contribution in [2.24, 2.45) is 0 Å². The first-order valence-electron chi connectivity index (χ1n) is 6.72. The summed E-state index contributed by atoms with van der Waals surface area (Å²) < 4.78 is 0. The van der Waals surface area contributed by atoms with E-state index in [1.165, 1.54) is 36.9 Å². The summed E-state index contributed by atoms with van der Waals surface area (Å²) in [6.45, 7) is 4.85. The third-order valence-corrected chi connectivity index (χ3v) is 3.77. The normalized spacial score (nSPS) is 19.6. The van der Waals surface area contributed by atoms with Gasteiger partial charge in [-0.25, -0.2) is 9.97 Å². The molecule has 1 aromatic heterocycles. The Balaban J connectivity index is 1.96. The van der Waals surface area contributed by atoms with E-state index in [1.807, 2.05) is 0 Å². The lowest BCUT2D eigenvalue weighted by Gasteiger charge is -2.13. The van der Waals surface area contributed by atoms with Gasteiger partial charge in [0.05, 0.1) is 5.69 Å². The molecule has 0 radical (unpaired) electrons. The van der Waals surface area contributed by atoms with E-state index in [0.29, 0.717) is 5.92 Å². The third-order valence-electron chi connectivity index (χ3n) is 3.77. The highest BCUT2D eigenvalue weighted by Crippen LogP contribution is 2.34. The van der Waals surface area contributed by atoms with Crippen LogP contribution in [-0.2, 0) is 13.1 Å². The van der Waals surface area contributed by atoms with E-state index in [2.05, 4.69) is 17.6 Å². The van der Waals surface area contributed by atoms with Gasteiger partial charge in [-0.05, 0) is 19.8 Å². The molecule has 1 aliphatic heterocycles. The smallest absolute Gasteiger partial charge is 0.134 e. The number of anilines is 1. The second-order valence-corrected chi connectivity index (χ2v) is 4.97. The van der Waals surface area contributed by atoms with Crippen LogP contribution in [0.3, 0.4) is 0 Å². The van der Waals surface area contributed by atoms with Gasteiger partial charge >= 0.3 is 0 Å². The standard InChI is InChI=1S/C13H20N4/c1-2-15-13-10-7-14-8-11(10)16-12(17-13)9-5-3-4-6-9/h9,14H,2-8H2,1H3,(H,15,16,17). The fraction of sp³-hybridized carbons (Fsp3) is 0.692. The van der Waals surface area contributed by atoms with Crippen molar-refractivity contribution in [1.82, 2.24) is 15.3 Å². The largest absolute Gasteiger partial charge is 0.370 e. The van der Waals surface area contributed by atoms with Crippen molar-refractivity contribution in [3.8, 4) is 0 Å². The Morgan fingerprint density at radius 1 is 1.24 bits per heavy atom. The van der Waals surface area contributed by atoms with Crippen LogP contribution < -0.4 is 10.6 Å². The summed E-state index contributed by atoms with van der Waals surface area (Å²) in [5, 5.41) is 6.74. The number of aromatic nitrogens is 2. The van der Waals surface area contributed by atoms with Crippen LogP contribution in [0.1, 0.15) is 55.6 Å². The van der Waals surface area contributed by atoms with Gasteiger partial charge < -0.3 is 10.6 Å². The molecular weight excluding hydrogens is 212 g/mol. The molecule has 4 heteroatoms. The van der Waals surface area contributed by atoms with E-state index in [4.69, 9.17) is 9.97 Å². The minimum atomic E-state index is 0.596. The van der Waals surface area contributed by atoms with Crippen LogP contribution in [0.15, 0.2) is 0 Å². The molecule has 1 aromatic rings. The summed E-state index contributed by atoms with van der Waals surface area (Å²) >= 11 is 0. The second-order valence-electron chi connectivity index (χ2n) is 4.97. The summed E-state index contributed by atoms with van der Waals surface area (Å²) in [5.74, 6) is 2.73. The first-order chi connectivity index (χ1) is 8.38. The maximum Gasteiger partial charge on any atom is 0.134 e. The molecule has 4 nitrogen and oxygen atoms in total. The highest BCUT2D eigenvalue weighted by atomic mass is 15.1. The molecule has 1 saturated carbocycles. The van der Waals surface area contributed by atoms with Gasteiger partial charge in [0.15, 0.2) is 0 Å². The van der Waals surface area contributed by atoms with Crippen LogP contribution in [0.25, 0.3) is 0 Å². The summed E-state index contributed by atoms with van der Waals surface area (Å²) in [7, 11) is 0. The molecule has 0 amide bonds. The average Bonchev–Trinajstić information content (AvgIpc) is 3.00. The lowest BCUT2D eigenvalue weighted by molar-refractivity contribution is 0.661. The third kappa shape index (κ3) is 2.02. The molecule has 0 bridgehead atoms. The van der Waals surface area contributed by atoms with Crippen molar-refractivity contribution < 1.29 is 0 Å². The molecular formula is C13H20N4. The summed E-state index contributed by atoms with van der Waals surface area (Å²) in [6.07, 6.45) is 5.19. The van der Waals surface area contributed by atoms with Gasteiger partial charge in [-0.15, -0.1) is 0 Å². The van der Waals surface area contributed by atoms with Crippen molar-refractivity contribution in [3.63, 3.8) is 0 Å². The van der Waals surface area contributed by atoms with Gasteiger partial charge in [-0.3, -0.25) is 0 Å². The Morgan fingerprint density at radius 3 is 2.82 bits per heavy atom. The maximum absolute atomic E-state index is 4.76. The van der Waals surface area contributed by atoms with Gasteiger partial charge in [0.1, 0.15) is 11.6 Å². The predicted octanol–water partition coefficient (Wildman–Crippen LogP) is 2.17. The zero-order chi connectivity index (χ0) is 11.7. The molecule has 2 heterocycles. The van der Waals surface area contributed by atoms with Crippen molar-refractivity contribution in [2.75, 3.05) is 11.9 Å². The van der Waals surface area contributed by atoms with E-state index in [9.17, 15) is 0 Å². The second kappa shape index (κ2) is 4.61. The summed E-state index contributed by atoms with van der Waals surface area (Å²) in [6, 6.07) is 0. The molecule has 1 fully saturated rings. The maximum atomic E-state index is 4.76. The first-order valence-corrected chi connectivity index (χ1v) is 6.72. The Labute approximate surface area is 102 Å². The molecule has 2 N–H and O–H groups in total. The van der Waals surface area contributed by atoms with Crippen LogP contribution in [0.5, 0.6) is 0 Å². The quantitative estimate of drug-likeness (QED) is 0.838. The van der Waals surface area contributed by atoms with Crippen LogP contribution in [0.4, 0.5) is 5.82 Å². The van der Waals surface area contributed by atoms with Gasteiger partial charge in [-0.2, -0.15) is 0 Å². The Kier molecular flexibility index (Phi) is 2.97. The fourth-order valence-corrected chi connectivity index (χ4v) is 2.87. The molecule has 2 aliphatic rings. The minimum absolute atomic E-state index is 0.596. The van der Waals surface area contributed by atoms with Crippen molar-refractivity contribution >= 4 is 5.82 Å². The highest BCUT2D eigenvalue weighted by Gasteiger charge is 2.24. The summed E-state index contributed by atoms with van der Waals surface area (Å²) in [4.78, 5) is 9.52.